The molecule has 1 amide bonds. The molecule has 7 heteroatoms. The van der Waals surface area contributed by atoms with Crippen LogP contribution in [0.1, 0.15) is 41.6 Å². The Morgan fingerprint density at radius 3 is 2.53 bits per heavy atom. The fourth-order valence-electron chi connectivity index (χ4n) is 4.15. The molecule has 1 heterocycles. The number of benzene rings is 2. The summed E-state index contributed by atoms with van der Waals surface area (Å²) in [4.78, 5) is 27.4. The van der Waals surface area contributed by atoms with Crippen molar-refractivity contribution in [2.45, 2.75) is 39.7 Å². The van der Waals surface area contributed by atoms with E-state index in [1.807, 2.05) is 49.1 Å². The first kappa shape index (κ1) is 23.6. The second-order valence-electron chi connectivity index (χ2n) is 7.95. The quantitative estimate of drug-likeness (QED) is 0.629. The van der Waals surface area contributed by atoms with Gasteiger partial charge in [-0.25, -0.2) is 0 Å². The minimum atomic E-state index is -0.292. The minimum absolute atomic E-state index is 0.114. The summed E-state index contributed by atoms with van der Waals surface area (Å²) in [6.07, 6.45) is 0.902. The van der Waals surface area contributed by atoms with Crippen LogP contribution >= 0.6 is 0 Å². The highest BCUT2D eigenvalue weighted by atomic mass is 16.5. The molecule has 3 rings (SSSR count). The molecule has 2 aromatic carbocycles. The molecule has 0 saturated carbocycles. The van der Waals surface area contributed by atoms with Crippen LogP contribution in [0.25, 0.3) is 0 Å². The molecular formula is C25H32N2O5. The van der Waals surface area contributed by atoms with Gasteiger partial charge in [-0.05, 0) is 67.6 Å². The Labute approximate surface area is 189 Å². The van der Waals surface area contributed by atoms with E-state index in [9.17, 15) is 9.59 Å². The third-order valence-corrected chi connectivity index (χ3v) is 6.00. The number of aryl methyl sites for hydroxylation is 1. The molecule has 7 nitrogen and oxygen atoms in total. The van der Waals surface area contributed by atoms with Gasteiger partial charge in [0.05, 0.1) is 33.8 Å². The lowest BCUT2D eigenvalue weighted by Crippen LogP contribution is -2.41. The number of anilines is 1. The van der Waals surface area contributed by atoms with Gasteiger partial charge in [-0.3, -0.25) is 14.5 Å². The number of methoxy groups -OCH3 is 2. The van der Waals surface area contributed by atoms with E-state index in [2.05, 4.69) is 5.32 Å². The SMILES string of the molecule is CCOC(=O)C[C@@H]1c2cc(OC)c(OC)cc2CCN1CC(=O)Nc1cccc(C)c1C. The van der Waals surface area contributed by atoms with Crippen LogP contribution in [0.2, 0.25) is 0 Å². The van der Waals surface area contributed by atoms with E-state index in [4.69, 9.17) is 14.2 Å². The Kier molecular flexibility index (Phi) is 7.75. The minimum Gasteiger partial charge on any atom is -0.493 e. The van der Waals surface area contributed by atoms with Gasteiger partial charge in [0, 0.05) is 18.3 Å². The molecule has 32 heavy (non-hydrogen) atoms. The number of amides is 1. The molecule has 2 aromatic rings. The summed E-state index contributed by atoms with van der Waals surface area (Å²) in [6.45, 7) is 6.93. The van der Waals surface area contributed by atoms with Crippen LogP contribution in [0.15, 0.2) is 30.3 Å². The van der Waals surface area contributed by atoms with Gasteiger partial charge in [0.25, 0.3) is 0 Å². The topological polar surface area (TPSA) is 77.1 Å². The van der Waals surface area contributed by atoms with Crippen molar-refractivity contribution in [3.8, 4) is 11.5 Å². The Morgan fingerprint density at radius 1 is 1.12 bits per heavy atom. The lowest BCUT2D eigenvalue weighted by Gasteiger charge is -2.37. The fraction of sp³-hybridized carbons (Fsp3) is 0.440. The highest BCUT2D eigenvalue weighted by Crippen LogP contribution is 2.39. The van der Waals surface area contributed by atoms with Crippen molar-refractivity contribution in [1.29, 1.82) is 0 Å². The van der Waals surface area contributed by atoms with Gasteiger partial charge < -0.3 is 19.5 Å². The first-order valence-electron chi connectivity index (χ1n) is 10.9. The van der Waals surface area contributed by atoms with Crippen LogP contribution in [0.5, 0.6) is 11.5 Å². The Morgan fingerprint density at radius 2 is 1.84 bits per heavy atom. The molecule has 1 aliphatic rings. The monoisotopic (exact) mass is 440 g/mol. The Bertz CT molecular complexity index is 989. The summed E-state index contributed by atoms with van der Waals surface area (Å²) in [6, 6.07) is 9.43. The molecule has 0 bridgehead atoms. The highest BCUT2D eigenvalue weighted by molar-refractivity contribution is 5.93. The van der Waals surface area contributed by atoms with Crippen LogP contribution in [0, 0.1) is 13.8 Å². The van der Waals surface area contributed by atoms with E-state index in [1.54, 1.807) is 21.1 Å². The summed E-state index contributed by atoms with van der Waals surface area (Å²) in [7, 11) is 3.19. The van der Waals surface area contributed by atoms with E-state index in [1.165, 1.54) is 0 Å². The Balaban J connectivity index is 1.86. The van der Waals surface area contributed by atoms with E-state index >= 15 is 0 Å². The lowest BCUT2D eigenvalue weighted by atomic mass is 9.90. The highest BCUT2D eigenvalue weighted by Gasteiger charge is 2.32. The molecule has 0 radical (unpaired) electrons. The average Bonchev–Trinajstić information content (AvgIpc) is 2.77. The Hall–Kier alpha value is -3.06. The number of fused-ring (bicyclic) bond motifs is 1. The smallest absolute Gasteiger partial charge is 0.307 e. The number of carbonyl (C=O) groups is 2. The number of hydrogen-bond donors (Lipinski definition) is 1. The summed E-state index contributed by atoms with van der Waals surface area (Å²) in [5.41, 5.74) is 5.02. The van der Waals surface area contributed by atoms with Crippen molar-refractivity contribution < 1.29 is 23.8 Å². The van der Waals surface area contributed by atoms with Crippen LogP contribution in [-0.2, 0) is 20.7 Å². The zero-order valence-electron chi connectivity index (χ0n) is 19.5. The van der Waals surface area contributed by atoms with Gasteiger partial charge in [-0.15, -0.1) is 0 Å². The van der Waals surface area contributed by atoms with Crippen LogP contribution in [-0.4, -0.2) is 50.7 Å². The summed E-state index contributed by atoms with van der Waals surface area (Å²) < 4.78 is 16.1. The molecule has 0 aromatic heterocycles. The molecule has 0 saturated heterocycles. The summed E-state index contributed by atoms with van der Waals surface area (Å²) in [5.74, 6) is 0.848. The molecule has 0 fully saturated rings. The van der Waals surface area contributed by atoms with Gasteiger partial charge in [-0.1, -0.05) is 12.1 Å². The zero-order valence-corrected chi connectivity index (χ0v) is 19.5. The standard InChI is InChI=1S/C25H32N2O5/c1-6-32-25(29)14-21-19-13-23(31-5)22(30-4)12-18(19)10-11-27(21)15-24(28)26-20-9-7-8-16(2)17(20)3/h7-9,12-13,21H,6,10-11,14-15H2,1-5H3,(H,26,28)/t21-/m1/s1. The third-order valence-electron chi connectivity index (χ3n) is 6.00. The van der Waals surface area contributed by atoms with E-state index < -0.39 is 0 Å². The maximum absolute atomic E-state index is 12.9. The van der Waals surface area contributed by atoms with Gasteiger partial charge in [0.15, 0.2) is 11.5 Å². The van der Waals surface area contributed by atoms with Gasteiger partial charge in [-0.2, -0.15) is 0 Å². The normalized spacial score (nSPS) is 15.6. The first-order chi connectivity index (χ1) is 15.4. The van der Waals surface area contributed by atoms with Crippen molar-refractivity contribution >= 4 is 17.6 Å². The first-order valence-corrected chi connectivity index (χ1v) is 10.9. The second-order valence-corrected chi connectivity index (χ2v) is 7.95. The number of rotatable bonds is 8. The van der Waals surface area contributed by atoms with Crippen molar-refractivity contribution in [1.82, 2.24) is 4.90 Å². The second kappa shape index (κ2) is 10.5. The molecule has 1 atom stereocenters. The summed E-state index contributed by atoms with van der Waals surface area (Å²) >= 11 is 0. The van der Waals surface area contributed by atoms with Crippen LogP contribution < -0.4 is 14.8 Å². The summed E-state index contributed by atoms with van der Waals surface area (Å²) in [5, 5.41) is 3.02. The predicted octanol–water partition coefficient (Wildman–Crippen LogP) is 3.81. The fourth-order valence-corrected chi connectivity index (χ4v) is 4.15. The van der Waals surface area contributed by atoms with Crippen molar-refractivity contribution in [3.63, 3.8) is 0 Å². The van der Waals surface area contributed by atoms with Crippen molar-refractivity contribution in [2.75, 3.05) is 39.2 Å². The molecule has 0 aliphatic carbocycles. The molecule has 0 unspecified atom stereocenters. The van der Waals surface area contributed by atoms with E-state index in [0.717, 1.165) is 34.4 Å². The number of nitrogens with zero attached hydrogens (tertiary/aromatic N) is 1. The van der Waals surface area contributed by atoms with E-state index in [0.29, 0.717) is 24.7 Å². The van der Waals surface area contributed by atoms with Crippen LogP contribution in [0.3, 0.4) is 0 Å². The molecule has 172 valence electrons. The maximum Gasteiger partial charge on any atom is 0.307 e. The lowest BCUT2D eigenvalue weighted by molar-refractivity contribution is -0.145. The largest absolute Gasteiger partial charge is 0.493 e. The molecular weight excluding hydrogens is 408 g/mol. The third kappa shape index (κ3) is 5.22. The number of hydrogen-bond acceptors (Lipinski definition) is 6. The van der Waals surface area contributed by atoms with Gasteiger partial charge >= 0.3 is 5.97 Å². The molecule has 1 N–H and O–H groups in total. The number of ether oxygens (including phenoxy) is 3. The zero-order chi connectivity index (χ0) is 23.3. The van der Waals surface area contributed by atoms with Gasteiger partial charge in [0.2, 0.25) is 5.91 Å². The van der Waals surface area contributed by atoms with Crippen molar-refractivity contribution in [2.24, 2.45) is 0 Å². The number of nitrogens with one attached hydrogen (secondary N) is 1. The molecule has 0 spiro atoms. The van der Waals surface area contributed by atoms with Crippen molar-refractivity contribution in [3.05, 3.63) is 52.6 Å². The molecule has 1 aliphatic heterocycles. The van der Waals surface area contributed by atoms with Gasteiger partial charge in [0.1, 0.15) is 0 Å². The maximum atomic E-state index is 12.9. The number of esters is 1. The average molecular weight is 441 g/mol. The predicted molar refractivity (Wildman–Crippen MR) is 123 cm³/mol. The van der Waals surface area contributed by atoms with Crippen LogP contribution in [0.4, 0.5) is 5.69 Å². The van der Waals surface area contributed by atoms with E-state index in [-0.39, 0.29) is 30.9 Å². The number of carbonyl (C=O) groups excluding carboxylic acids is 2.